The van der Waals surface area contributed by atoms with Gasteiger partial charge in [-0.15, -0.1) is 0 Å². The Morgan fingerprint density at radius 1 is 1.28 bits per heavy atom. The maximum Gasteiger partial charge on any atom is 0.311 e. The first-order valence-electron chi connectivity index (χ1n) is 7.25. The molecule has 0 aliphatic heterocycles. The van der Waals surface area contributed by atoms with Crippen LogP contribution in [0.5, 0.6) is 5.75 Å². The first-order valence-corrected chi connectivity index (χ1v) is 7.25. The first kappa shape index (κ1) is 16.5. The molecule has 0 bridgehead atoms. The van der Waals surface area contributed by atoms with Crippen molar-refractivity contribution < 1.29 is 14.1 Å². The molecule has 128 valence electrons. The smallest absolute Gasteiger partial charge is 0.311 e. The van der Waals surface area contributed by atoms with Crippen molar-refractivity contribution in [3.63, 3.8) is 0 Å². The molecule has 0 radical (unpaired) electrons. The number of halogens is 1. The highest BCUT2D eigenvalue weighted by atomic mass is 19.1. The number of rotatable bonds is 5. The van der Waals surface area contributed by atoms with Gasteiger partial charge in [-0.1, -0.05) is 12.1 Å². The molecule has 0 aliphatic carbocycles. The highest BCUT2D eigenvalue weighted by Crippen LogP contribution is 2.31. The Hall–Kier alpha value is -3.33. The summed E-state index contributed by atoms with van der Waals surface area (Å²) < 4.78 is 18.0. The number of nitrogens with one attached hydrogen (secondary N) is 1. The second kappa shape index (κ2) is 6.65. The Morgan fingerprint density at radius 3 is 2.64 bits per heavy atom. The van der Waals surface area contributed by atoms with Gasteiger partial charge in [0.1, 0.15) is 11.6 Å². The number of H-pyrrole nitrogens is 1. The predicted octanol–water partition coefficient (Wildman–Crippen LogP) is 2.58. The molecule has 0 fully saturated rings. The van der Waals surface area contributed by atoms with Crippen LogP contribution in [0, 0.1) is 15.9 Å². The number of nitro groups is 1. The standard InChI is InChI=1S/C16H14FN5O3/c1-25-13-7-4-10(8-12(13)22(23)24)15-19-16(21-20-15)14(18)9-2-5-11(17)6-3-9/h2-8,14H,18H2,1H3,(H,19,20,21). The first-order chi connectivity index (χ1) is 12.0. The van der Waals surface area contributed by atoms with E-state index in [1.54, 1.807) is 18.2 Å². The van der Waals surface area contributed by atoms with Crippen molar-refractivity contribution in [2.75, 3.05) is 7.11 Å². The number of nitrogens with two attached hydrogens (primary N) is 1. The van der Waals surface area contributed by atoms with Crippen LogP contribution in [0.4, 0.5) is 10.1 Å². The Balaban J connectivity index is 1.92. The van der Waals surface area contributed by atoms with Crippen LogP contribution < -0.4 is 10.5 Å². The van der Waals surface area contributed by atoms with Crippen molar-refractivity contribution >= 4 is 5.69 Å². The van der Waals surface area contributed by atoms with E-state index in [4.69, 9.17) is 10.5 Å². The Kier molecular flexibility index (Phi) is 4.40. The molecule has 0 aliphatic rings. The quantitative estimate of drug-likeness (QED) is 0.542. The lowest BCUT2D eigenvalue weighted by Gasteiger charge is -2.08. The molecule has 3 aromatic rings. The minimum atomic E-state index is -0.630. The van der Waals surface area contributed by atoms with E-state index in [0.29, 0.717) is 17.0 Å². The number of aromatic amines is 1. The molecular formula is C16H14FN5O3. The van der Waals surface area contributed by atoms with Crippen molar-refractivity contribution in [3.8, 4) is 17.1 Å². The fraction of sp³-hybridized carbons (Fsp3) is 0.125. The summed E-state index contributed by atoms with van der Waals surface area (Å²) in [6.45, 7) is 0. The summed E-state index contributed by atoms with van der Waals surface area (Å²) in [5.74, 6) is 0.408. The zero-order valence-electron chi connectivity index (χ0n) is 13.1. The molecule has 25 heavy (non-hydrogen) atoms. The van der Waals surface area contributed by atoms with Gasteiger partial charge in [-0.2, -0.15) is 5.10 Å². The van der Waals surface area contributed by atoms with Gasteiger partial charge in [-0.25, -0.2) is 9.37 Å². The molecular weight excluding hydrogens is 329 g/mol. The molecule has 1 unspecified atom stereocenters. The summed E-state index contributed by atoms with van der Waals surface area (Å²) in [7, 11) is 1.36. The van der Waals surface area contributed by atoms with Crippen LogP contribution in [0.1, 0.15) is 17.4 Å². The number of hydrogen-bond donors (Lipinski definition) is 2. The van der Waals surface area contributed by atoms with Crippen LogP contribution in [0.15, 0.2) is 42.5 Å². The van der Waals surface area contributed by atoms with E-state index < -0.39 is 11.0 Å². The lowest BCUT2D eigenvalue weighted by atomic mass is 10.1. The van der Waals surface area contributed by atoms with E-state index in [-0.39, 0.29) is 23.1 Å². The van der Waals surface area contributed by atoms with E-state index >= 15 is 0 Å². The third kappa shape index (κ3) is 3.31. The molecule has 8 nitrogen and oxygen atoms in total. The van der Waals surface area contributed by atoms with Gasteiger partial charge in [0.2, 0.25) is 0 Å². The zero-order valence-corrected chi connectivity index (χ0v) is 13.1. The molecule has 0 amide bonds. The molecule has 2 aromatic carbocycles. The molecule has 0 saturated heterocycles. The highest BCUT2D eigenvalue weighted by molar-refractivity contribution is 5.63. The van der Waals surface area contributed by atoms with Crippen LogP contribution >= 0.6 is 0 Å². The number of ether oxygens (including phenoxy) is 1. The van der Waals surface area contributed by atoms with Crippen molar-refractivity contribution in [2.24, 2.45) is 5.73 Å². The highest BCUT2D eigenvalue weighted by Gasteiger charge is 2.19. The summed E-state index contributed by atoms with van der Waals surface area (Å²) in [5, 5.41) is 17.9. The molecule has 3 rings (SSSR count). The van der Waals surface area contributed by atoms with Crippen molar-refractivity contribution in [3.05, 3.63) is 69.8 Å². The minimum absolute atomic E-state index is 0.146. The van der Waals surface area contributed by atoms with E-state index in [0.717, 1.165) is 0 Å². The molecule has 1 heterocycles. The van der Waals surface area contributed by atoms with Crippen molar-refractivity contribution in [1.82, 2.24) is 15.2 Å². The van der Waals surface area contributed by atoms with E-state index in [1.807, 2.05) is 0 Å². The van der Waals surface area contributed by atoms with Gasteiger partial charge < -0.3 is 10.5 Å². The zero-order chi connectivity index (χ0) is 18.0. The summed E-state index contributed by atoms with van der Waals surface area (Å²) in [5.41, 5.74) is 7.01. The molecule has 9 heteroatoms. The van der Waals surface area contributed by atoms with Crippen LogP contribution in [-0.2, 0) is 0 Å². The Bertz CT molecular complexity index is 910. The Morgan fingerprint density at radius 2 is 2.00 bits per heavy atom. The second-order valence-corrected chi connectivity index (χ2v) is 5.22. The molecule has 1 aromatic heterocycles. The molecule has 1 atom stereocenters. The molecule has 0 saturated carbocycles. The fourth-order valence-corrected chi connectivity index (χ4v) is 2.34. The number of aromatic nitrogens is 3. The summed E-state index contributed by atoms with van der Waals surface area (Å²) in [6.07, 6.45) is 0. The van der Waals surface area contributed by atoms with Gasteiger partial charge >= 0.3 is 5.69 Å². The van der Waals surface area contributed by atoms with Crippen LogP contribution in [-0.4, -0.2) is 27.2 Å². The van der Waals surface area contributed by atoms with E-state index in [1.165, 1.54) is 31.4 Å². The van der Waals surface area contributed by atoms with Gasteiger partial charge in [0, 0.05) is 11.6 Å². The van der Waals surface area contributed by atoms with E-state index in [9.17, 15) is 14.5 Å². The minimum Gasteiger partial charge on any atom is -0.490 e. The van der Waals surface area contributed by atoms with Gasteiger partial charge in [0.05, 0.1) is 18.1 Å². The normalized spacial score (nSPS) is 12.0. The number of methoxy groups -OCH3 is 1. The lowest BCUT2D eigenvalue weighted by Crippen LogP contribution is -2.13. The predicted molar refractivity (Wildman–Crippen MR) is 87.5 cm³/mol. The lowest BCUT2D eigenvalue weighted by molar-refractivity contribution is -0.385. The van der Waals surface area contributed by atoms with Crippen LogP contribution in [0.3, 0.4) is 0 Å². The van der Waals surface area contributed by atoms with Crippen molar-refractivity contribution in [2.45, 2.75) is 6.04 Å². The van der Waals surface area contributed by atoms with Gasteiger partial charge in [0.25, 0.3) is 0 Å². The topological polar surface area (TPSA) is 120 Å². The third-order valence-electron chi connectivity index (χ3n) is 3.66. The number of nitro benzene ring substituents is 1. The van der Waals surface area contributed by atoms with Gasteiger partial charge in [0.15, 0.2) is 11.6 Å². The van der Waals surface area contributed by atoms with Gasteiger partial charge in [-0.05, 0) is 29.8 Å². The monoisotopic (exact) mass is 343 g/mol. The van der Waals surface area contributed by atoms with Gasteiger partial charge in [-0.3, -0.25) is 15.2 Å². The summed E-state index contributed by atoms with van der Waals surface area (Å²) in [4.78, 5) is 14.9. The number of hydrogen-bond acceptors (Lipinski definition) is 6. The largest absolute Gasteiger partial charge is 0.490 e. The Labute approximate surface area is 141 Å². The average Bonchev–Trinajstić information content (AvgIpc) is 3.11. The van der Waals surface area contributed by atoms with Crippen LogP contribution in [0.2, 0.25) is 0 Å². The number of nitrogens with zero attached hydrogens (tertiary/aromatic N) is 3. The average molecular weight is 343 g/mol. The van der Waals surface area contributed by atoms with Crippen molar-refractivity contribution in [1.29, 1.82) is 0 Å². The van der Waals surface area contributed by atoms with Crippen LogP contribution in [0.25, 0.3) is 11.4 Å². The third-order valence-corrected chi connectivity index (χ3v) is 3.66. The molecule has 0 spiro atoms. The number of benzene rings is 2. The maximum atomic E-state index is 13.0. The molecule has 3 N–H and O–H groups in total. The second-order valence-electron chi connectivity index (χ2n) is 5.22. The fourth-order valence-electron chi connectivity index (χ4n) is 2.34. The summed E-state index contributed by atoms with van der Waals surface area (Å²) in [6, 6.07) is 9.51. The SMILES string of the molecule is COc1ccc(-c2n[nH]c(C(N)c3ccc(F)cc3)n2)cc1[N+](=O)[O-]. The van der Waals surface area contributed by atoms with E-state index in [2.05, 4.69) is 15.2 Å². The summed E-state index contributed by atoms with van der Waals surface area (Å²) >= 11 is 0. The maximum absolute atomic E-state index is 13.0.